The van der Waals surface area contributed by atoms with Gasteiger partial charge in [0.2, 0.25) is 0 Å². The van der Waals surface area contributed by atoms with E-state index in [0.29, 0.717) is 0 Å². The molecule has 0 fully saturated rings. The van der Waals surface area contributed by atoms with E-state index in [2.05, 4.69) is 92.6 Å². The quantitative estimate of drug-likeness (QED) is 0.498. The Labute approximate surface area is 126 Å². The zero-order valence-corrected chi connectivity index (χ0v) is 15.7. The molecular formula is C18H32NP. The standard InChI is InChI=1S/C18H32NP/c1-16(2,3)20(17(4,5)6,18(7,8)9)19-15-13-11-10-12-14-15/h10-14H,1-9H3. The molecule has 0 saturated heterocycles. The number of hydrogen-bond donors (Lipinski definition) is 0. The number of hydrogen-bond acceptors (Lipinski definition) is 1. The average molecular weight is 293 g/mol. The first kappa shape index (κ1) is 17.5. The minimum atomic E-state index is -1.64. The number of rotatable bonds is 1. The van der Waals surface area contributed by atoms with Gasteiger partial charge in [0.15, 0.2) is 0 Å². The molecule has 0 aliphatic rings. The van der Waals surface area contributed by atoms with Crippen LogP contribution >= 0.6 is 7.05 Å². The molecule has 1 aromatic carbocycles. The maximum absolute atomic E-state index is 5.42. The zero-order chi connectivity index (χ0) is 15.8. The van der Waals surface area contributed by atoms with Gasteiger partial charge in [0, 0.05) is 0 Å². The highest BCUT2D eigenvalue weighted by Gasteiger charge is 2.50. The Morgan fingerprint density at radius 2 is 1.00 bits per heavy atom. The summed E-state index contributed by atoms with van der Waals surface area (Å²) in [4.78, 5) is 0. The minimum absolute atomic E-state index is 0.180. The van der Waals surface area contributed by atoms with Crippen LogP contribution in [0.15, 0.2) is 35.1 Å². The third-order valence-electron chi connectivity index (χ3n) is 3.93. The maximum atomic E-state index is 5.42. The van der Waals surface area contributed by atoms with Gasteiger partial charge in [-0.2, -0.15) is 0 Å². The van der Waals surface area contributed by atoms with Crippen LogP contribution in [0.25, 0.3) is 0 Å². The summed E-state index contributed by atoms with van der Waals surface area (Å²) in [5.41, 5.74) is 1.13. The van der Waals surface area contributed by atoms with Crippen LogP contribution in [0.3, 0.4) is 0 Å². The normalized spacial score (nSPS) is 14.2. The Morgan fingerprint density at radius 1 is 0.650 bits per heavy atom. The van der Waals surface area contributed by atoms with E-state index in [4.69, 9.17) is 4.74 Å². The molecule has 0 radical (unpaired) electrons. The summed E-state index contributed by atoms with van der Waals surface area (Å²) < 4.78 is 5.42. The van der Waals surface area contributed by atoms with Crippen molar-refractivity contribution in [1.82, 2.24) is 0 Å². The predicted octanol–water partition coefficient (Wildman–Crippen LogP) is 6.91. The van der Waals surface area contributed by atoms with Crippen molar-refractivity contribution in [3.63, 3.8) is 0 Å². The zero-order valence-electron chi connectivity index (χ0n) is 14.8. The molecule has 0 amide bonds. The third-order valence-corrected chi connectivity index (χ3v) is 10.3. The van der Waals surface area contributed by atoms with E-state index in [1.807, 2.05) is 0 Å². The first-order valence-corrected chi connectivity index (χ1v) is 9.25. The lowest BCUT2D eigenvalue weighted by Gasteiger charge is -2.54. The van der Waals surface area contributed by atoms with Crippen molar-refractivity contribution < 1.29 is 0 Å². The van der Waals surface area contributed by atoms with Crippen molar-refractivity contribution in [2.75, 3.05) is 0 Å². The van der Waals surface area contributed by atoms with E-state index in [0.717, 1.165) is 5.69 Å². The summed E-state index contributed by atoms with van der Waals surface area (Å²) in [5.74, 6) is 0. The molecular weight excluding hydrogens is 261 g/mol. The molecule has 0 atom stereocenters. The summed E-state index contributed by atoms with van der Waals surface area (Å²) in [6.07, 6.45) is 0. The highest BCUT2D eigenvalue weighted by Crippen LogP contribution is 2.77. The van der Waals surface area contributed by atoms with Gasteiger partial charge >= 0.3 is 0 Å². The van der Waals surface area contributed by atoms with Crippen molar-refractivity contribution >= 4 is 12.7 Å². The predicted molar refractivity (Wildman–Crippen MR) is 94.7 cm³/mol. The van der Waals surface area contributed by atoms with Crippen LogP contribution in [0.4, 0.5) is 5.69 Å². The third kappa shape index (κ3) is 3.03. The summed E-state index contributed by atoms with van der Waals surface area (Å²) in [7, 11) is -1.64. The Hall–Kier alpha value is -0.550. The SMILES string of the molecule is CC(C)(C)P(=Nc1ccccc1)(C(C)(C)C)C(C)(C)C. The van der Waals surface area contributed by atoms with Crippen LogP contribution in [0, 0.1) is 0 Å². The van der Waals surface area contributed by atoms with Crippen molar-refractivity contribution in [1.29, 1.82) is 0 Å². The largest absolute Gasteiger partial charge is 0.266 e. The van der Waals surface area contributed by atoms with E-state index < -0.39 is 7.05 Å². The molecule has 0 aliphatic carbocycles. The monoisotopic (exact) mass is 293 g/mol. The lowest BCUT2D eigenvalue weighted by atomic mass is 10.2. The molecule has 0 bridgehead atoms. The molecule has 1 rings (SSSR count). The van der Waals surface area contributed by atoms with E-state index in [9.17, 15) is 0 Å². The number of benzene rings is 1. The molecule has 1 aromatic rings. The Morgan fingerprint density at radius 3 is 1.30 bits per heavy atom. The van der Waals surface area contributed by atoms with Crippen LogP contribution in [-0.4, -0.2) is 15.5 Å². The molecule has 0 unspecified atom stereocenters. The number of nitrogens with zero attached hydrogens (tertiary/aromatic N) is 1. The minimum Gasteiger partial charge on any atom is -0.266 e. The molecule has 0 aromatic heterocycles. The summed E-state index contributed by atoms with van der Waals surface area (Å²) in [5, 5.41) is 0.540. The van der Waals surface area contributed by atoms with Gasteiger partial charge in [0.05, 0.1) is 5.69 Å². The van der Waals surface area contributed by atoms with Crippen LogP contribution in [0.5, 0.6) is 0 Å². The van der Waals surface area contributed by atoms with Crippen LogP contribution in [-0.2, 0) is 0 Å². The molecule has 0 aliphatic heterocycles. The van der Waals surface area contributed by atoms with E-state index in [-0.39, 0.29) is 15.5 Å². The summed E-state index contributed by atoms with van der Waals surface area (Å²) in [6, 6.07) is 10.5. The molecule has 0 saturated carbocycles. The molecule has 1 nitrogen and oxygen atoms in total. The molecule has 2 heteroatoms. The van der Waals surface area contributed by atoms with Crippen molar-refractivity contribution in [2.45, 2.75) is 77.8 Å². The second-order valence-corrected chi connectivity index (χ2v) is 14.1. The molecule has 0 N–H and O–H groups in total. The van der Waals surface area contributed by atoms with Gasteiger partial charge in [-0.3, -0.25) is 4.74 Å². The first-order chi connectivity index (χ1) is 8.83. The second-order valence-electron chi connectivity index (χ2n) is 8.58. The topological polar surface area (TPSA) is 12.4 Å². The lowest BCUT2D eigenvalue weighted by Crippen LogP contribution is -2.38. The highest BCUT2D eigenvalue weighted by atomic mass is 31.2. The van der Waals surface area contributed by atoms with Gasteiger partial charge in [-0.25, -0.2) is 0 Å². The Bertz CT molecular complexity index is 450. The van der Waals surface area contributed by atoms with Crippen LogP contribution in [0.1, 0.15) is 62.3 Å². The molecule has 20 heavy (non-hydrogen) atoms. The van der Waals surface area contributed by atoms with Crippen LogP contribution in [0.2, 0.25) is 0 Å². The Balaban J connectivity index is 3.79. The van der Waals surface area contributed by atoms with E-state index >= 15 is 0 Å². The highest BCUT2D eigenvalue weighted by molar-refractivity contribution is 7.70. The molecule has 0 spiro atoms. The fourth-order valence-electron chi connectivity index (χ4n) is 4.14. The van der Waals surface area contributed by atoms with Gasteiger partial charge < -0.3 is 0 Å². The van der Waals surface area contributed by atoms with Gasteiger partial charge in [-0.1, -0.05) is 80.5 Å². The van der Waals surface area contributed by atoms with Crippen molar-refractivity contribution in [3.8, 4) is 0 Å². The van der Waals surface area contributed by atoms with E-state index in [1.165, 1.54) is 0 Å². The fourth-order valence-corrected chi connectivity index (χ4v) is 11.6. The lowest BCUT2D eigenvalue weighted by molar-refractivity contribution is 0.629. The van der Waals surface area contributed by atoms with Crippen molar-refractivity contribution in [3.05, 3.63) is 30.3 Å². The second kappa shape index (κ2) is 5.34. The summed E-state index contributed by atoms with van der Waals surface area (Å²) in [6.45, 7) is 21.3. The van der Waals surface area contributed by atoms with Gasteiger partial charge in [-0.15, -0.1) is 0 Å². The van der Waals surface area contributed by atoms with Crippen molar-refractivity contribution in [2.24, 2.45) is 4.74 Å². The van der Waals surface area contributed by atoms with Gasteiger partial charge in [0.25, 0.3) is 0 Å². The fraction of sp³-hybridized carbons (Fsp3) is 0.667. The summed E-state index contributed by atoms with van der Waals surface area (Å²) >= 11 is 0. The van der Waals surface area contributed by atoms with Gasteiger partial charge in [0.1, 0.15) is 0 Å². The Kier molecular flexibility index (Phi) is 4.67. The smallest absolute Gasteiger partial charge is 0.0614 e. The molecule has 0 heterocycles. The average Bonchev–Trinajstić information content (AvgIpc) is 2.22. The van der Waals surface area contributed by atoms with E-state index in [1.54, 1.807) is 0 Å². The maximum Gasteiger partial charge on any atom is 0.0614 e. The van der Waals surface area contributed by atoms with Gasteiger partial charge in [-0.05, 0) is 34.7 Å². The molecule has 114 valence electrons. The first-order valence-electron chi connectivity index (χ1n) is 7.51. The van der Waals surface area contributed by atoms with Crippen LogP contribution < -0.4 is 0 Å².